The summed E-state index contributed by atoms with van der Waals surface area (Å²) in [6.45, 7) is 0. The molecule has 0 atom stereocenters. The van der Waals surface area contributed by atoms with Crippen LogP contribution in [0.5, 0.6) is 0 Å². The van der Waals surface area contributed by atoms with Gasteiger partial charge in [-0.2, -0.15) is 4.39 Å². The van der Waals surface area contributed by atoms with Crippen LogP contribution in [0.2, 0.25) is 0 Å². The zero-order chi connectivity index (χ0) is 22.2. The van der Waals surface area contributed by atoms with Crippen molar-refractivity contribution in [3.8, 4) is 21.6 Å². The molecule has 0 bridgehead atoms. The molecule has 2 aromatic carbocycles. The summed E-state index contributed by atoms with van der Waals surface area (Å²) in [6, 6.07) is 12.3. The summed E-state index contributed by atoms with van der Waals surface area (Å²) in [5.74, 6) is -2.90. The molecule has 0 fully saturated rings. The van der Waals surface area contributed by atoms with Crippen molar-refractivity contribution in [3.05, 3.63) is 88.6 Å². The number of nitrogens with one attached hydrogen (secondary N) is 1. The molecule has 4 aromatic rings. The normalized spacial score (nSPS) is 12.6. The average molecular weight is 451 g/mol. The minimum Gasteiger partial charge on any atom is -0.315 e. The van der Waals surface area contributed by atoms with Gasteiger partial charge >= 0.3 is 0 Å². The summed E-state index contributed by atoms with van der Waals surface area (Å²) in [4.78, 5) is 21.8. The number of hydrogen-bond donors (Lipinski definition) is 1. The van der Waals surface area contributed by atoms with Gasteiger partial charge in [0.05, 0.1) is 10.6 Å². The van der Waals surface area contributed by atoms with E-state index in [4.69, 9.17) is 0 Å². The Hall–Kier alpha value is -3.52. The SMILES string of the molecule is O=C(Nc1c(F)cccc1F)c1nc2c(s1)-c1cc(-c3ccc(F)nc3)ccc1CCC2. The van der Waals surface area contributed by atoms with Crippen molar-refractivity contribution in [1.82, 2.24) is 9.97 Å². The smallest absolute Gasteiger partial charge is 0.284 e. The van der Waals surface area contributed by atoms with E-state index < -0.39 is 29.2 Å². The van der Waals surface area contributed by atoms with Crippen molar-refractivity contribution in [2.45, 2.75) is 19.3 Å². The number of benzene rings is 2. The summed E-state index contributed by atoms with van der Waals surface area (Å²) >= 11 is 1.19. The van der Waals surface area contributed by atoms with Gasteiger partial charge < -0.3 is 5.32 Å². The number of anilines is 1. The van der Waals surface area contributed by atoms with Gasteiger partial charge in [-0.05, 0) is 66.3 Å². The summed E-state index contributed by atoms with van der Waals surface area (Å²) in [7, 11) is 0. The van der Waals surface area contributed by atoms with Gasteiger partial charge in [0.1, 0.15) is 17.3 Å². The number of hydrogen-bond acceptors (Lipinski definition) is 4. The molecule has 1 amide bonds. The summed E-state index contributed by atoms with van der Waals surface area (Å²) in [6.07, 6.45) is 3.89. The lowest BCUT2D eigenvalue weighted by Crippen LogP contribution is -2.14. The van der Waals surface area contributed by atoms with Crippen LogP contribution in [0.3, 0.4) is 0 Å². The van der Waals surface area contributed by atoms with Crippen LogP contribution < -0.4 is 5.32 Å². The maximum Gasteiger partial charge on any atom is 0.284 e. The molecule has 32 heavy (non-hydrogen) atoms. The number of carbonyl (C=O) groups excluding carboxylic acids is 1. The monoisotopic (exact) mass is 451 g/mol. The average Bonchev–Trinajstić information content (AvgIpc) is 3.14. The van der Waals surface area contributed by atoms with Crippen LogP contribution in [0, 0.1) is 17.6 Å². The molecule has 0 saturated carbocycles. The number of thiazole rings is 1. The van der Waals surface area contributed by atoms with Crippen molar-refractivity contribution in [3.63, 3.8) is 0 Å². The maximum atomic E-state index is 13.9. The highest BCUT2D eigenvalue weighted by atomic mass is 32.1. The van der Waals surface area contributed by atoms with Gasteiger partial charge in [0.25, 0.3) is 5.91 Å². The topological polar surface area (TPSA) is 54.9 Å². The van der Waals surface area contributed by atoms with Crippen LogP contribution in [-0.4, -0.2) is 15.9 Å². The predicted octanol–water partition coefficient (Wildman–Crippen LogP) is 6.03. The largest absolute Gasteiger partial charge is 0.315 e. The Labute approximate surface area is 185 Å². The van der Waals surface area contributed by atoms with Crippen molar-refractivity contribution < 1.29 is 18.0 Å². The number of aryl methyl sites for hydroxylation is 2. The Bertz CT molecular complexity index is 1310. The number of pyridine rings is 1. The predicted molar refractivity (Wildman–Crippen MR) is 117 cm³/mol. The van der Waals surface area contributed by atoms with E-state index in [2.05, 4.69) is 15.3 Å². The van der Waals surface area contributed by atoms with Gasteiger partial charge in [0.2, 0.25) is 5.95 Å². The number of aromatic nitrogens is 2. The Morgan fingerprint density at radius 2 is 1.75 bits per heavy atom. The van der Waals surface area contributed by atoms with E-state index in [1.54, 1.807) is 6.07 Å². The Balaban J connectivity index is 1.52. The fraction of sp³-hybridized carbons (Fsp3) is 0.125. The highest BCUT2D eigenvalue weighted by Crippen LogP contribution is 2.39. The van der Waals surface area contributed by atoms with E-state index in [0.717, 1.165) is 57.8 Å². The lowest BCUT2D eigenvalue weighted by molar-refractivity contribution is 0.102. The van der Waals surface area contributed by atoms with Gasteiger partial charge in [-0.25, -0.2) is 18.7 Å². The van der Waals surface area contributed by atoms with Crippen molar-refractivity contribution in [2.75, 3.05) is 5.32 Å². The number of fused-ring (bicyclic) bond motifs is 3. The summed E-state index contributed by atoms with van der Waals surface area (Å²) < 4.78 is 41.1. The summed E-state index contributed by atoms with van der Waals surface area (Å²) in [5.41, 5.74) is 4.01. The van der Waals surface area contributed by atoms with Gasteiger partial charge in [0.15, 0.2) is 5.01 Å². The van der Waals surface area contributed by atoms with Crippen LogP contribution in [0.15, 0.2) is 54.7 Å². The number of amides is 1. The Morgan fingerprint density at radius 1 is 0.969 bits per heavy atom. The second-order valence-electron chi connectivity index (χ2n) is 7.44. The summed E-state index contributed by atoms with van der Waals surface area (Å²) in [5, 5.41) is 2.44. The third-order valence-corrected chi connectivity index (χ3v) is 6.50. The lowest BCUT2D eigenvalue weighted by atomic mass is 9.98. The third kappa shape index (κ3) is 3.78. The molecule has 0 spiro atoms. The van der Waals surface area contributed by atoms with Crippen LogP contribution in [0.4, 0.5) is 18.9 Å². The number of nitrogens with zero attached hydrogens (tertiary/aromatic N) is 2. The zero-order valence-corrected chi connectivity index (χ0v) is 17.5. The molecule has 160 valence electrons. The van der Waals surface area contributed by atoms with Crippen LogP contribution >= 0.6 is 11.3 Å². The Kier molecular flexibility index (Phi) is 5.22. The number of halogens is 3. The molecular weight excluding hydrogens is 435 g/mol. The van der Waals surface area contributed by atoms with Crippen LogP contribution in [-0.2, 0) is 12.8 Å². The Morgan fingerprint density at radius 3 is 2.50 bits per heavy atom. The molecular formula is C24H16F3N3OS. The first-order valence-corrected chi connectivity index (χ1v) is 10.8. The van der Waals surface area contributed by atoms with Gasteiger partial charge in [-0.1, -0.05) is 18.2 Å². The molecule has 2 heterocycles. The van der Waals surface area contributed by atoms with E-state index in [1.807, 2.05) is 18.2 Å². The van der Waals surface area contributed by atoms with E-state index in [1.165, 1.54) is 29.7 Å². The van der Waals surface area contributed by atoms with Crippen molar-refractivity contribution in [1.29, 1.82) is 0 Å². The second kappa shape index (κ2) is 8.20. The molecule has 4 nitrogen and oxygen atoms in total. The fourth-order valence-corrected chi connectivity index (χ4v) is 4.85. The molecule has 2 aromatic heterocycles. The molecule has 5 rings (SSSR count). The first-order valence-electron chi connectivity index (χ1n) is 10.00. The van der Waals surface area contributed by atoms with Gasteiger partial charge in [-0.3, -0.25) is 4.79 Å². The number of rotatable bonds is 3. The van der Waals surface area contributed by atoms with E-state index >= 15 is 0 Å². The van der Waals surface area contributed by atoms with Crippen molar-refractivity contribution >= 4 is 22.9 Å². The molecule has 8 heteroatoms. The van der Waals surface area contributed by atoms with Crippen molar-refractivity contribution in [2.24, 2.45) is 0 Å². The quantitative estimate of drug-likeness (QED) is 0.387. The van der Waals surface area contributed by atoms with Gasteiger partial charge in [-0.15, -0.1) is 11.3 Å². The standard InChI is InChI=1S/C24H16F3N3OS/c25-17-4-2-5-18(26)21(17)30-23(31)24-29-19-6-1-3-13-7-8-14(11-16(13)22(19)32-24)15-9-10-20(27)28-12-15/h2,4-5,7-12H,1,3,6H2,(H,30,31). The van der Waals surface area contributed by atoms with Crippen LogP contribution in [0.25, 0.3) is 21.6 Å². The molecule has 0 unspecified atom stereocenters. The van der Waals surface area contributed by atoms with E-state index in [9.17, 15) is 18.0 Å². The number of para-hydroxylation sites is 1. The first kappa shape index (κ1) is 20.4. The molecule has 0 radical (unpaired) electrons. The third-order valence-electron chi connectivity index (χ3n) is 5.37. The molecule has 1 N–H and O–H groups in total. The molecule has 0 aliphatic heterocycles. The molecule has 1 aliphatic carbocycles. The minimum absolute atomic E-state index is 0.138. The zero-order valence-electron chi connectivity index (χ0n) is 16.7. The fourth-order valence-electron chi connectivity index (χ4n) is 3.79. The van der Waals surface area contributed by atoms with E-state index in [-0.39, 0.29) is 5.01 Å². The second-order valence-corrected chi connectivity index (χ2v) is 8.44. The first-order chi connectivity index (χ1) is 15.5. The lowest BCUT2D eigenvalue weighted by Gasteiger charge is -2.09. The highest BCUT2D eigenvalue weighted by Gasteiger charge is 2.23. The number of carbonyl (C=O) groups is 1. The van der Waals surface area contributed by atoms with E-state index in [0.29, 0.717) is 6.42 Å². The highest BCUT2D eigenvalue weighted by molar-refractivity contribution is 7.17. The molecule has 1 aliphatic rings. The minimum atomic E-state index is -0.848. The molecule has 0 saturated heterocycles. The van der Waals surface area contributed by atoms with Crippen LogP contribution in [0.1, 0.15) is 27.5 Å². The maximum absolute atomic E-state index is 13.9. The van der Waals surface area contributed by atoms with Gasteiger partial charge in [0, 0.05) is 11.8 Å².